The van der Waals surface area contributed by atoms with Crippen molar-refractivity contribution < 1.29 is 40.5 Å². The fourth-order valence-corrected chi connectivity index (χ4v) is 0.870. The summed E-state index contributed by atoms with van der Waals surface area (Å²) >= 11 is 0. The molecule has 0 aliphatic carbocycles. The van der Waals surface area contributed by atoms with Crippen LogP contribution < -0.4 is 0 Å². The second kappa shape index (κ2) is 5.95. The van der Waals surface area contributed by atoms with Gasteiger partial charge in [0.1, 0.15) is 24.4 Å². The Balaban J connectivity index is 4.42. The first-order valence-electron chi connectivity index (χ1n) is 4.07. The van der Waals surface area contributed by atoms with E-state index in [1.165, 1.54) is 0 Å². The Morgan fingerprint density at radius 2 is 1.40 bits per heavy atom. The molecule has 0 unspecified atom stereocenters. The van der Waals surface area contributed by atoms with Crippen molar-refractivity contribution in [3.05, 3.63) is 0 Å². The number of aliphatic hydroxyl groups excluding tert-OH is 6. The van der Waals surface area contributed by atoms with Crippen molar-refractivity contribution in [2.75, 3.05) is 6.61 Å². The summed E-state index contributed by atoms with van der Waals surface area (Å²) in [7, 11) is 0. The molecule has 0 heterocycles. The number of hydrogen-bond donors (Lipinski definition) is 7. The highest BCUT2D eigenvalue weighted by atomic mass is 16.4. The van der Waals surface area contributed by atoms with Gasteiger partial charge in [-0.2, -0.15) is 0 Å². The quantitative estimate of drug-likeness (QED) is 0.240. The molecule has 0 saturated carbocycles. The number of aliphatic carboxylic acids is 1. The van der Waals surface area contributed by atoms with Crippen molar-refractivity contribution in [3.8, 4) is 0 Å². The lowest BCUT2D eigenvalue weighted by Crippen LogP contribution is -2.51. The first-order chi connectivity index (χ1) is 6.82. The molecule has 8 heteroatoms. The van der Waals surface area contributed by atoms with E-state index in [1.807, 2.05) is 0 Å². The van der Waals surface area contributed by atoms with Crippen LogP contribution >= 0.6 is 0 Å². The molecular weight excluding hydrogens is 212 g/mol. The minimum Gasteiger partial charge on any atom is -0.479 e. The molecule has 90 valence electrons. The third-order valence-corrected chi connectivity index (χ3v) is 1.86. The molecule has 0 aromatic rings. The number of carboxylic acid groups (broad SMARTS) is 1. The highest BCUT2D eigenvalue weighted by Crippen LogP contribution is 2.08. The molecule has 0 aromatic carbocycles. The van der Waals surface area contributed by atoms with E-state index in [0.717, 1.165) is 0 Å². The fourth-order valence-electron chi connectivity index (χ4n) is 0.870. The summed E-state index contributed by atoms with van der Waals surface area (Å²) in [5.41, 5.74) is 0. The van der Waals surface area contributed by atoms with Crippen LogP contribution in [-0.4, -0.2) is 78.8 Å². The van der Waals surface area contributed by atoms with Crippen LogP contribution in [0.4, 0.5) is 0 Å². The molecule has 8 nitrogen and oxygen atoms in total. The lowest BCUT2D eigenvalue weighted by atomic mass is 9.99. The highest BCUT2D eigenvalue weighted by molar-refractivity contribution is 5.72. The van der Waals surface area contributed by atoms with Gasteiger partial charge in [-0.1, -0.05) is 0 Å². The Morgan fingerprint density at radius 3 is 1.73 bits per heavy atom. The number of hydrogen-bond acceptors (Lipinski definition) is 7. The topological polar surface area (TPSA) is 159 Å². The number of rotatable bonds is 6. The summed E-state index contributed by atoms with van der Waals surface area (Å²) in [6, 6.07) is 0. The van der Waals surface area contributed by atoms with Crippen molar-refractivity contribution >= 4 is 5.97 Å². The Labute approximate surface area is 84.7 Å². The Kier molecular flexibility index (Phi) is 5.65. The van der Waals surface area contributed by atoms with Gasteiger partial charge in [-0.15, -0.1) is 0 Å². The zero-order valence-corrected chi connectivity index (χ0v) is 7.63. The molecule has 0 rings (SSSR count). The van der Waals surface area contributed by atoms with Crippen LogP contribution in [0.2, 0.25) is 0 Å². The first kappa shape index (κ1) is 14.2. The average molecular weight is 226 g/mol. The van der Waals surface area contributed by atoms with E-state index < -0.39 is 43.1 Å². The molecule has 0 saturated heterocycles. The molecule has 0 aliphatic heterocycles. The predicted molar refractivity (Wildman–Crippen MR) is 44.8 cm³/mol. The van der Waals surface area contributed by atoms with Crippen molar-refractivity contribution in [2.24, 2.45) is 0 Å². The van der Waals surface area contributed by atoms with E-state index in [2.05, 4.69) is 0 Å². The van der Waals surface area contributed by atoms with Crippen LogP contribution in [0.5, 0.6) is 0 Å². The Hall–Kier alpha value is -0.770. The summed E-state index contributed by atoms with van der Waals surface area (Å²) in [4.78, 5) is 10.2. The summed E-state index contributed by atoms with van der Waals surface area (Å²) in [5.74, 6) is -1.78. The van der Waals surface area contributed by atoms with Crippen molar-refractivity contribution in [1.82, 2.24) is 0 Å². The summed E-state index contributed by atoms with van der Waals surface area (Å²) < 4.78 is 0. The molecule has 0 fully saturated rings. The van der Waals surface area contributed by atoms with Crippen molar-refractivity contribution in [3.63, 3.8) is 0 Å². The predicted octanol–water partition coefficient (Wildman–Crippen LogP) is -4.13. The summed E-state index contributed by atoms with van der Waals surface area (Å²) in [5, 5.41) is 61.5. The average Bonchev–Trinajstić information content (AvgIpc) is 2.23. The number of carbonyl (C=O) groups is 1. The third-order valence-electron chi connectivity index (χ3n) is 1.86. The molecule has 0 bridgehead atoms. The Morgan fingerprint density at radius 1 is 0.933 bits per heavy atom. The smallest absolute Gasteiger partial charge is 0.335 e. The van der Waals surface area contributed by atoms with Crippen LogP contribution in [-0.2, 0) is 4.79 Å². The molecule has 0 aliphatic rings. The van der Waals surface area contributed by atoms with Crippen LogP contribution in [0.25, 0.3) is 0 Å². The molecule has 15 heavy (non-hydrogen) atoms. The third kappa shape index (κ3) is 3.70. The van der Waals surface area contributed by atoms with Crippen LogP contribution in [0.3, 0.4) is 0 Å². The number of aliphatic hydroxyl groups is 6. The minimum atomic E-state index is -2.29. The first-order valence-corrected chi connectivity index (χ1v) is 4.07. The van der Waals surface area contributed by atoms with Gasteiger partial charge >= 0.3 is 5.97 Å². The second-order valence-corrected chi connectivity index (χ2v) is 3.00. The van der Waals surface area contributed by atoms with Gasteiger partial charge in [-0.25, -0.2) is 4.79 Å². The van der Waals surface area contributed by atoms with E-state index >= 15 is 0 Å². The van der Waals surface area contributed by atoms with Crippen LogP contribution in [0, 0.1) is 0 Å². The maximum Gasteiger partial charge on any atom is 0.335 e. The minimum absolute atomic E-state index is 0.881. The SMILES string of the molecule is O=C(O)[C@@H](O)[C@H](O)[C@H](O)[C@H](O)[C@H](O)CO. The van der Waals surface area contributed by atoms with Crippen LogP contribution in [0.15, 0.2) is 0 Å². The van der Waals surface area contributed by atoms with E-state index in [4.69, 9.17) is 35.7 Å². The molecule has 0 aromatic heterocycles. The fraction of sp³-hybridized carbons (Fsp3) is 0.857. The van der Waals surface area contributed by atoms with E-state index in [1.54, 1.807) is 0 Å². The lowest BCUT2D eigenvalue weighted by molar-refractivity contribution is -0.169. The van der Waals surface area contributed by atoms with Crippen LogP contribution in [0.1, 0.15) is 0 Å². The van der Waals surface area contributed by atoms with Gasteiger partial charge in [0.05, 0.1) is 6.61 Å². The van der Waals surface area contributed by atoms with Gasteiger partial charge in [-0.05, 0) is 0 Å². The maximum atomic E-state index is 10.2. The van der Waals surface area contributed by atoms with E-state index in [0.29, 0.717) is 0 Å². The normalized spacial score (nSPS) is 21.5. The van der Waals surface area contributed by atoms with Gasteiger partial charge in [-0.3, -0.25) is 0 Å². The monoisotopic (exact) mass is 226 g/mol. The standard InChI is InChI=1S/C7H14O8/c8-1-2(9)3(10)4(11)5(12)6(13)7(14)15/h2-6,8-13H,1H2,(H,14,15)/t2-,3-,4-,5-,6+/m1/s1. The van der Waals surface area contributed by atoms with E-state index in [9.17, 15) is 4.79 Å². The van der Waals surface area contributed by atoms with Gasteiger partial charge in [0.15, 0.2) is 6.10 Å². The molecule has 0 radical (unpaired) electrons. The molecule has 0 spiro atoms. The molecule has 0 amide bonds. The zero-order valence-electron chi connectivity index (χ0n) is 7.63. The van der Waals surface area contributed by atoms with E-state index in [-0.39, 0.29) is 0 Å². The molecule has 5 atom stereocenters. The summed E-state index contributed by atoms with van der Waals surface area (Å²) in [6.45, 7) is -0.881. The van der Waals surface area contributed by atoms with Crippen molar-refractivity contribution in [2.45, 2.75) is 30.5 Å². The van der Waals surface area contributed by atoms with Gasteiger partial charge in [0.2, 0.25) is 0 Å². The molecule has 7 N–H and O–H groups in total. The van der Waals surface area contributed by atoms with Gasteiger partial charge < -0.3 is 35.7 Å². The second-order valence-electron chi connectivity index (χ2n) is 3.00. The maximum absolute atomic E-state index is 10.2. The van der Waals surface area contributed by atoms with Gasteiger partial charge in [0, 0.05) is 0 Å². The Bertz CT molecular complexity index is 207. The lowest BCUT2D eigenvalue weighted by Gasteiger charge is -2.26. The zero-order chi connectivity index (χ0) is 12.2. The highest BCUT2D eigenvalue weighted by Gasteiger charge is 2.36. The van der Waals surface area contributed by atoms with Crippen molar-refractivity contribution in [1.29, 1.82) is 0 Å². The van der Waals surface area contributed by atoms with Gasteiger partial charge in [0.25, 0.3) is 0 Å². The largest absolute Gasteiger partial charge is 0.479 e. The number of carboxylic acids is 1. The summed E-state index contributed by atoms with van der Waals surface area (Å²) in [6.07, 6.45) is -10.2. The molecular formula is C7H14O8.